The van der Waals surface area contributed by atoms with Crippen LogP contribution in [0.5, 0.6) is 0 Å². The van der Waals surface area contributed by atoms with E-state index in [0.717, 1.165) is 17.7 Å². The Labute approximate surface area is 113 Å². The molecule has 98 valence electrons. The summed E-state index contributed by atoms with van der Waals surface area (Å²) in [6.45, 7) is 8.27. The summed E-state index contributed by atoms with van der Waals surface area (Å²) in [4.78, 5) is 1.13. The fourth-order valence-electron chi connectivity index (χ4n) is 2.45. The van der Waals surface area contributed by atoms with Crippen LogP contribution in [-0.2, 0) is 10.8 Å². The quantitative estimate of drug-likeness (QED) is 0.776. The lowest BCUT2D eigenvalue weighted by atomic mass is 9.97. The first-order valence-corrected chi connectivity index (χ1v) is 7.73. The molecular weight excluding hydrogens is 240 g/mol. The van der Waals surface area contributed by atoms with Gasteiger partial charge in [-0.1, -0.05) is 35.9 Å². The average molecular weight is 262 g/mol. The van der Waals surface area contributed by atoms with E-state index >= 15 is 0 Å². The normalized spacial score (nSPS) is 21.8. The summed E-state index contributed by atoms with van der Waals surface area (Å²) in [7, 11) is -0.889. The van der Waals surface area contributed by atoms with Crippen LogP contribution in [0.25, 0.3) is 0 Å². The van der Waals surface area contributed by atoms with Gasteiger partial charge >= 0.3 is 0 Å². The van der Waals surface area contributed by atoms with Crippen LogP contribution < -0.4 is 0 Å². The van der Waals surface area contributed by atoms with Crippen molar-refractivity contribution in [2.45, 2.75) is 51.2 Å². The van der Waals surface area contributed by atoms with Crippen molar-refractivity contribution in [3.05, 3.63) is 46.4 Å². The van der Waals surface area contributed by atoms with Crippen molar-refractivity contribution in [1.82, 2.24) is 0 Å². The Morgan fingerprint density at radius 3 is 2.61 bits per heavy atom. The topological polar surface area (TPSA) is 17.1 Å². The van der Waals surface area contributed by atoms with Crippen molar-refractivity contribution in [1.29, 1.82) is 0 Å². The first-order valence-electron chi connectivity index (χ1n) is 6.58. The number of benzene rings is 1. The summed E-state index contributed by atoms with van der Waals surface area (Å²) in [6, 6.07) is 8.60. The summed E-state index contributed by atoms with van der Waals surface area (Å²) in [5.74, 6) is 0.352. The number of aryl methyl sites for hydroxylation is 1. The zero-order valence-electron chi connectivity index (χ0n) is 11.7. The van der Waals surface area contributed by atoms with E-state index in [1.807, 2.05) is 0 Å². The van der Waals surface area contributed by atoms with Gasteiger partial charge in [-0.3, -0.25) is 4.21 Å². The number of hydrogen-bond donors (Lipinski definition) is 0. The minimum atomic E-state index is -0.889. The second-order valence-electron chi connectivity index (χ2n) is 6.03. The van der Waals surface area contributed by atoms with E-state index in [0.29, 0.717) is 5.92 Å². The maximum absolute atomic E-state index is 12.6. The lowest BCUT2D eigenvalue weighted by Gasteiger charge is -2.23. The molecule has 0 radical (unpaired) electrons. The Morgan fingerprint density at radius 1 is 1.28 bits per heavy atom. The van der Waals surface area contributed by atoms with Gasteiger partial charge in [0, 0.05) is 15.6 Å². The largest absolute Gasteiger partial charge is 0.254 e. The first kappa shape index (κ1) is 13.5. The number of rotatable bonds is 2. The zero-order chi connectivity index (χ0) is 13.3. The standard InChI is InChI=1S/C16H22OS/c1-12-7-5-8-13(11-12)14-9-6-10-15(14)18(17)16(2,3)4/h5,7-8,10-11,14H,6,9H2,1-4H3/t14-,18?/m0/s1. The lowest BCUT2D eigenvalue weighted by molar-refractivity contribution is 0.649. The van der Waals surface area contributed by atoms with Gasteiger partial charge in [-0.2, -0.15) is 0 Å². The lowest BCUT2D eigenvalue weighted by Crippen LogP contribution is -2.24. The highest BCUT2D eigenvalue weighted by atomic mass is 32.2. The molecule has 0 bridgehead atoms. The van der Waals surface area contributed by atoms with Crippen LogP contribution in [0.1, 0.15) is 50.7 Å². The Morgan fingerprint density at radius 2 is 2.00 bits per heavy atom. The van der Waals surface area contributed by atoms with E-state index in [4.69, 9.17) is 0 Å². The molecule has 2 rings (SSSR count). The summed E-state index contributed by atoms with van der Waals surface area (Å²) in [5, 5.41) is 0. The second kappa shape index (κ2) is 5.00. The molecule has 2 heteroatoms. The summed E-state index contributed by atoms with van der Waals surface area (Å²) < 4.78 is 12.4. The minimum Gasteiger partial charge on any atom is -0.254 e. The molecule has 2 atom stereocenters. The highest BCUT2D eigenvalue weighted by Gasteiger charge is 2.31. The van der Waals surface area contributed by atoms with Gasteiger partial charge in [0.25, 0.3) is 0 Å². The third-order valence-electron chi connectivity index (χ3n) is 3.36. The highest BCUT2D eigenvalue weighted by molar-refractivity contribution is 7.90. The van der Waals surface area contributed by atoms with Gasteiger partial charge in [-0.15, -0.1) is 0 Å². The molecule has 18 heavy (non-hydrogen) atoms. The van der Waals surface area contributed by atoms with Gasteiger partial charge in [-0.25, -0.2) is 0 Å². The first-order chi connectivity index (χ1) is 8.39. The van der Waals surface area contributed by atoms with Crippen molar-refractivity contribution in [3.8, 4) is 0 Å². The van der Waals surface area contributed by atoms with Crippen LogP contribution in [0.15, 0.2) is 35.2 Å². The van der Waals surface area contributed by atoms with E-state index < -0.39 is 10.8 Å². The molecule has 0 fully saturated rings. The SMILES string of the molecule is Cc1cccc([C@@H]2CCC=C2S(=O)C(C)(C)C)c1. The predicted molar refractivity (Wildman–Crippen MR) is 79.1 cm³/mol. The molecular formula is C16H22OS. The van der Waals surface area contributed by atoms with Crippen LogP contribution in [-0.4, -0.2) is 8.96 Å². The molecule has 1 nitrogen and oxygen atoms in total. The van der Waals surface area contributed by atoms with E-state index in [9.17, 15) is 4.21 Å². The summed E-state index contributed by atoms with van der Waals surface area (Å²) in [6.07, 6.45) is 4.34. The number of hydrogen-bond acceptors (Lipinski definition) is 1. The second-order valence-corrected chi connectivity index (χ2v) is 8.27. The fourth-order valence-corrected chi connectivity index (χ4v) is 3.94. The number of allylic oxidation sites excluding steroid dienone is 2. The molecule has 0 amide bonds. The van der Waals surface area contributed by atoms with Crippen LogP contribution in [0.4, 0.5) is 0 Å². The Hall–Kier alpha value is -0.890. The van der Waals surface area contributed by atoms with Gasteiger partial charge in [0.2, 0.25) is 0 Å². The summed E-state index contributed by atoms with van der Waals surface area (Å²) >= 11 is 0. The molecule has 0 spiro atoms. The van der Waals surface area contributed by atoms with Crippen LogP contribution >= 0.6 is 0 Å². The molecule has 0 N–H and O–H groups in total. The zero-order valence-corrected chi connectivity index (χ0v) is 12.5. The van der Waals surface area contributed by atoms with Crippen molar-refractivity contribution in [2.24, 2.45) is 0 Å². The molecule has 0 heterocycles. The summed E-state index contributed by atoms with van der Waals surface area (Å²) in [5.41, 5.74) is 2.59. The van der Waals surface area contributed by atoms with Gasteiger partial charge in [0.15, 0.2) is 0 Å². The Bertz CT molecular complexity index is 494. The van der Waals surface area contributed by atoms with Gasteiger partial charge in [0.05, 0.1) is 10.8 Å². The minimum absolute atomic E-state index is 0.168. The molecule has 0 aliphatic heterocycles. The molecule has 1 unspecified atom stereocenters. The van der Waals surface area contributed by atoms with E-state index in [1.54, 1.807) is 0 Å². The predicted octanol–water partition coefficient (Wildman–Crippen LogP) is 4.30. The third-order valence-corrected chi connectivity index (χ3v) is 5.35. The molecule has 0 saturated carbocycles. The monoisotopic (exact) mass is 262 g/mol. The van der Waals surface area contributed by atoms with Gasteiger partial charge < -0.3 is 0 Å². The average Bonchev–Trinajstić information content (AvgIpc) is 2.75. The van der Waals surface area contributed by atoms with Crippen LogP contribution in [0, 0.1) is 6.92 Å². The molecule has 0 saturated heterocycles. The highest BCUT2D eigenvalue weighted by Crippen LogP contribution is 2.40. The van der Waals surface area contributed by atoms with Crippen molar-refractivity contribution < 1.29 is 4.21 Å². The smallest absolute Gasteiger partial charge is 0.0545 e. The molecule has 1 aromatic rings. The van der Waals surface area contributed by atoms with Crippen LogP contribution in [0.2, 0.25) is 0 Å². The van der Waals surface area contributed by atoms with Gasteiger partial charge in [-0.05, 0) is 46.1 Å². The maximum Gasteiger partial charge on any atom is 0.0545 e. The van der Waals surface area contributed by atoms with Crippen LogP contribution in [0.3, 0.4) is 0 Å². The van der Waals surface area contributed by atoms with Crippen molar-refractivity contribution >= 4 is 10.8 Å². The molecule has 0 aromatic heterocycles. The van der Waals surface area contributed by atoms with Crippen molar-refractivity contribution in [2.75, 3.05) is 0 Å². The Kier molecular flexibility index (Phi) is 3.76. The molecule has 1 aliphatic carbocycles. The fraction of sp³-hybridized carbons (Fsp3) is 0.500. The van der Waals surface area contributed by atoms with E-state index in [2.05, 4.69) is 58.0 Å². The maximum atomic E-state index is 12.6. The van der Waals surface area contributed by atoms with E-state index in [1.165, 1.54) is 11.1 Å². The molecule has 1 aromatic carbocycles. The van der Waals surface area contributed by atoms with Crippen molar-refractivity contribution in [3.63, 3.8) is 0 Å². The van der Waals surface area contributed by atoms with Gasteiger partial charge in [0.1, 0.15) is 0 Å². The van der Waals surface area contributed by atoms with E-state index in [-0.39, 0.29) is 4.75 Å². The Balaban J connectivity index is 2.31. The third kappa shape index (κ3) is 2.74. The molecule has 1 aliphatic rings.